The summed E-state index contributed by atoms with van der Waals surface area (Å²) in [6, 6.07) is 19.7. The van der Waals surface area contributed by atoms with Crippen molar-refractivity contribution >= 4 is 22.2 Å². The summed E-state index contributed by atoms with van der Waals surface area (Å²) < 4.78 is 15.1. The summed E-state index contributed by atoms with van der Waals surface area (Å²) in [6.45, 7) is 2.01. The van der Waals surface area contributed by atoms with E-state index in [0.717, 1.165) is 13.9 Å². The molecule has 16 heavy (non-hydrogen) atoms. The van der Waals surface area contributed by atoms with Crippen molar-refractivity contribution in [1.29, 1.82) is 0 Å². The van der Waals surface area contributed by atoms with Crippen LogP contribution in [-0.4, -0.2) is 13.5 Å². The molecule has 0 saturated heterocycles. The predicted octanol–water partition coefficient (Wildman–Crippen LogP) is 2.20. The molecule has 2 heteroatoms. The van der Waals surface area contributed by atoms with Crippen molar-refractivity contribution in [3.05, 3.63) is 60.7 Å². The minimum absolute atomic E-state index is 0.728. The Morgan fingerprint density at radius 1 is 0.812 bits per heavy atom. The first kappa shape index (κ1) is 11.3. The number of rotatable bonds is 3. The Labute approximate surface area is 98.8 Å². The van der Waals surface area contributed by atoms with Crippen LogP contribution >= 0.6 is 0 Å². The van der Waals surface area contributed by atoms with Gasteiger partial charge in [0.2, 0.25) is 0 Å². The fourth-order valence-corrected chi connectivity index (χ4v) is 6.75. The van der Waals surface area contributed by atoms with E-state index < -0.39 is 13.5 Å². The molecule has 0 amide bonds. The summed E-state index contributed by atoms with van der Waals surface area (Å²) in [7, 11) is 0. The molecule has 2 aromatic rings. The number of hydrogen-bond donors (Lipinski definition) is 0. The van der Waals surface area contributed by atoms with Gasteiger partial charge in [-0.1, -0.05) is 0 Å². The SMILES string of the molecule is CC[As](=O)(c1ccccc1)c1ccccc1. The van der Waals surface area contributed by atoms with E-state index >= 15 is 0 Å². The fourth-order valence-electron chi connectivity index (χ4n) is 1.85. The second-order valence-electron chi connectivity index (χ2n) is 3.73. The van der Waals surface area contributed by atoms with E-state index in [1.54, 1.807) is 0 Å². The van der Waals surface area contributed by atoms with Crippen LogP contribution < -0.4 is 8.70 Å². The molecule has 82 valence electrons. The second-order valence-corrected chi connectivity index (χ2v) is 10.3. The van der Waals surface area contributed by atoms with E-state index in [1.165, 1.54) is 0 Å². The van der Waals surface area contributed by atoms with Crippen LogP contribution in [0.1, 0.15) is 6.92 Å². The van der Waals surface area contributed by atoms with Crippen LogP contribution in [-0.2, 0) is 3.74 Å². The van der Waals surface area contributed by atoms with E-state index in [4.69, 9.17) is 0 Å². The van der Waals surface area contributed by atoms with Gasteiger partial charge in [0.05, 0.1) is 0 Å². The molecule has 0 aliphatic heterocycles. The maximum absolute atomic E-state index is 13.0. The standard InChI is InChI=1S/C14H15AsO/c1-2-15(16,13-9-5-3-6-10-13)14-11-7-4-8-12-14/h3-12H,2H2,1H3. The van der Waals surface area contributed by atoms with Gasteiger partial charge in [0, 0.05) is 0 Å². The van der Waals surface area contributed by atoms with Crippen molar-refractivity contribution in [2.24, 2.45) is 0 Å². The predicted molar refractivity (Wildman–Crippen MR) is 69.1 cm³/mol. The molecule has 0 heterocycles. The first-order valence-corrected chi connectivity index (χ1v) is 9.44. The Bertz CT molecular complexity index is 447. The zero-order chi connectivity index (χ0) is 11.4. The van der Waals surface area contributed by atoms with Crippen LogP contribution in [0.3, 0.4) is 0 Å². The van der Waals surface area contributed by atoms with E-state index in [-0.39, 0.29) is 0 Å². The van der Waals surface area contributed by atoms with Crippen molar-refractivity contribution in [2.45, 2.75) is 12.1 Å². The fraction of sp³-hybridized carbons (Fsp3) is 0.143. The van der Waals surface area contributed by atoms with Crippen molar-refractivity contribution in [3.8, 4) is 0 Å². The average molecular weight is 274 g/mol. The first-order chi connectivity index (χ1) is 7.77. The van der Waals surface area contributed by atoms with Gasteiger partial charge < -0.3 is 0 Å². The maximum atomic E-state index is 13.0. The molecule has 0 spiro atoms. The molecule has 0 saturated carbocycles. The quantitative estimate of drug-likeness (QED) is 0.784. The molecular formula is C14H15AsO. The normalized spacial score (nSPS) is 11.3. The molecule has 0 radical (unpaired) electrons. The Balaban J connectivity index is 2.54. The van der Waals surface area contributed by atoms with Crippen molar-refractivity contribution in [3.63, 3.8) is 0 Å². The van der Waals surface area contributed by atoms with Crippen LogP contribution in [0, 0.1) is 0 Å². The average Bonchev–Trinajstić information content (AvgIpc) is 2.40. The van der Waals surface area contributed by atoms with Crippen LogP contribution in [0.4, 0.5) is 0 Å². The molecule has 0 unspecified atom stereocenters. The Morgan fingerprint density at radius 3 is 1.50 bits per heavy atom. The third-order valence-electron chi connectivity index (χ3n) is 2.79. The van der Waals surface area contributed by atoms with Crippen molar-refractivity contribution in [1.82, 2.24) is 0 Å². The van der Waals surface area contributed by atoms with Gasteiger partial charge in [-0.05, 0) is 0 Å². The van der Waals surface area contributed by atoms with E-state index in [9.17, 15) is 3.74 Å². The summed E-state index contributed by atoms with van der Waals surface area (Å²) in [5.74, 6) is 0. The van der Waals surface area contributed by atoms with Gasteiger partial charge in [0.15, 0.2) is 0 Å². The van der Waals surface area contributed by atoms with Gasteiger partial charge in [-0.3, -0.25) is 0 Å². The van der Waals surface area contributed by atoms with Gasteiger partial charge in [-0.2, -0.15) is 0 Å². The van der Waals surface area contributed by atoms with Gasteiger partial charge in [0.25, 0.3) is 0 Å². The van der Waals surface area contributed by atoms with Gasteiger partial charge in [-0.25, -0.2) is 0 Å². The molecule has 0 fully saturated rings. The first-order valence-electron chi connectivity index (χ1n) is 5.47. The molecule has 0 N–H and O–H groups in total. The summed E-state index contributed by atoms with van der Waals surface area (Å²) in [5.41, 5.74) is 0. The van der Waals surface area contributed by atoms with E-state index in [1.807, 2.05) is 67.6 Å². The molecule has 2 aromatic carbocycles. The molecule has 0 atom stereocenters. The minimum atomic E-state index is -3.11. The molecule has 0 aromatic heterocycles. The molecule has 0 aliphatic carbocycles. The molecule has 0 bridgehead atoms. The Morgan fingerprint density at radius 2 is 1.19 bits per heavy atom. The van der Waals surface area contributed by atoms with Crippen molar-refractivity contribution in [2.75, 3.05) is 0 Å². The zero-order valence-electron chi connectivity index (χ0n) is 9.34. The third-order valence-corrected chi connectivity index (χ3v) is 9.41. The van der Waals surface area contributed by atoms with Crippen LogP contribution in [0.25, 0.3) is 0 Å². The van der Waals surface area contributed by atoms with Gasteiger partial charge >= 0.3 is 98.7 Å². The van der Waals surface area contributed by atoms with Gasteiger partial charge in [-0.15, -0.1) is 0 Å². The van der Waals surface area contributed by atoms with Gasteiger partial charge in [0.1, 0.15) is 0 Å². The third kappa shape index (κ3) is 2.01. The molecular weight excluding hydrogens is 259 g/mol. The summed E-state index contributed by atoms with van der Waals surface area (Å²) in [4.78, 5) is 0. The van der Waals surface area contributed by atoms with Crippen LogP contribution in [0.2, 0.25) is 5.21 Å². The second kappa shape index (κ2) is 4.76. The summed E-state index contributed by atoms with van der Waals surface area (Å²) >= 11 is -3.11. The monoisotopic (exact) mass is 274 g/mol. The van der Waals surface area contributed by atoms with Crippen LogP contribution in [0.15, 0.2) is 60.7 Å². The zero-order valence-corrected chi connectivity index (χ0v) is 11.2. The number of hydrogen-bond acceptors (Lipinski definition) is 1. The summed E-state index contributed by atoms with van der Waals surface area (Å²) in [6.07, 6.45) is 0. The molecule has 2 rings (SSSR count). The Kier molecular flexibility index (Phi) is 3.36. The number of benzene rings is 2. The van der Waals surface area contributed by atoms with Crippen molar-refractivity contribution < 1.29 is 3.74 Å². The molecule has 0 aliphatic rings. The van der Waals surface area contributed by atoms with Crippen LogP contribution in [0.5, 0.6) is 0 Å². The topological polar surface area (TPSA) is 17.1 Å². The summed E-state index contributed by atoms with van der Waals surface area (Å²) in [5, 5.41) is 0.728. The van der Waals surface area contributed by atoms with E-state index in [2.05, 4.69) is 0 Å². The molecule has 1 nitrogen and oxygen atoms in total. The van der Waals surface area contributed by atoms with E-state index in [0.29, 0.717) is 0 Å². The Hall–Kier alpha value is -1.20.